The minimum Gasteiger partial charge on any atom is -0.493 e. The highest BCUT2D eigenvalue weighted by Gasteiger charge is 2.25. The van der Waals surface area contributed by atoms with Gasteiger partial charge < -0.3 is 9.84 Å². The molecule has 0 bridgehead atoms. The minimum absolute atomic E-state index is 0.00936. The molecule has 0 aliphatic heterocycles. The van der Waals surface area contributed by atoms with E-state index in [1.165, 1.54) is 29.3 Å². The zero-order valence-corrected chi connectivity index (χ0v) is 14.8. The molecule has 0 atom stereocenters. The van der Waals surface area contributed by atoms with Gasteiger partial charge in [0.2, 0.25) is 5.88 Å². The van der Waals surface area contributed by atoms with Gasteiger partial charge in [-0.05, 0) is 38.5 Å². The number of pyridine rings is 2. The fourth-order valence-corrected chi connectivity index (χ4v) is 2.12. The number of ether oxygens (including phenoxy) is 1. The summed E-state index contributed by atoms with van der Waals surface area (Å²) in [7, 11) is 0. The summed E-state index contributed by atoms with van der Waals surface area (Å²) >= 11 is 5.97. The van der Waals surface area contributed by atoms with E-state index in [-0.39, 0.29) is 29.0 Å². The summed E-state index contributed by atoms with van der Waals surface area (Å²) in [5, 5.41) is 9.28. The van der Waals surface area contributed by atoms with Crippen molar-refractivity contribution in [1.29, 1.82) is 0 Å². The zero-order valence-electron chi connectivity index (χ0n) is 14.1. The third-order valence-electron chi connectivity index (χ3n) is 3.03. The molecule has 0 radical (unpaired) electrons. The monoisotopic (exact) mass is 363 g/mol. The third-order valence-corrected chi connectivity index (χ3v) is 3.33. The lowest BCUT2D eigenvalue weighted by Crippen LogP contribution is -2.37. The second-order valence-electron chi connectivity index (χ2n) is 6.26. The predicted molar refractivity (Wildman–Crippen MR) is 93.0 cm³/mol. The number of hydrogen-bond acceptors (Lipinski definition) is 6. The van der Waals surface area contributed by atoms with Gasteiger partial charge in [-0.3, -0.25) is 9.69 Å². The van der Waals surface area contributed by atoms with Crippen molar-refractivity contribution >= 4 is 29.8 Å². The van der Waals surface area contributed by atoms with Crippen LogP contribution in [0.3, 0.4) is 0 Å². The summed E-state index contributed by atoms with van der Waals surface area (Å²) in [5.74, 6) is 0.113. The summed E-state index contributed by atoms with van der Waals surface area (Å²) in [5.41, 5.74) is 0.177. The number of aromatic nitrogens is 2. The van der Waals surface area contributed by atoms with Crippen molar-refractivity contribution in [3.8, 4) is 5.88 Å². The van der Waals surface area contributed by atoms with E-state index in [9.17, 15) is 14.7 Å². The number of aromatic hydroxyl groups is 1. The number of aldehydes is 1. The first kappa shape index (κ1) is 18.7. The van der Waals surface area contributed by atoms with E-state index in [4.69, 9.17) is 16.3 Å². The highest BCUT2D eigenvalue weighted by atomic mass is 35.5. The Morgan fingerprint density at radius 3 is 2.56 bits per heavy atom. The van der Waals surface area contributed by atoms with E-state index in [1.807, 2.05) is 0 Å². The van der Waals surface area contributed by atoms with Crippen molar-refractivity contribution < 1.29 is 19.4 Å². The average Bonchev–Trinajstić information content (AvgIpc) is 2.52. The second-order valence-corrected chi connectivity index (χ2v) is 6.62. The molecule has 0 spiro atoms. The number of amides is 1. The summed E-state index contributed by atoms with van der Waals surface area (Å²) in [6.45, 7) is 5.36. The maximum absolute atomic E-state index is 12.6. The predicted octanol–water partition coefficient (Wildman–Crippen LogP) is 3.59. The van der Waals surface area contributed by atoms with Gasteiger partial charge in [0.1, 0.15) is 16.6 Å². The van der Waals surface area contributed by atoms with Crippen molar-refractivity contribution in [2.45, 2.75) is 32.9 Å². The number of rotatable bonds is 4. The highest BCUT2D eigenvalue weighted by molar-refractivity contribution is 6.31. The molecule has 0 aliphatic rings. The molecule has 1 N–H and O–H groups in total. The summed E-state index contributed by atoms with van der Waals surface area (Å²) in [6, 6.07) is 6.02. The largest absolute Gasteiger partial charge is 0.493 e. The van der Waals surface area contributed by atoms with Crippen LogP contribution in [0.15, 0.2) is 30.5 Å². The first-order chi connectivity index (χ1) is 11.7. The van der Waals surface area contributed by atoms with Crippen LogP contribution in [0.2, 0.25) is 5.15 Å². The highest BCUT2D eigenvalue weighted by Crippen LogP contribution is 2.22. The maximum atomic E-state index is 12.6. The first-order valence-corrected chi connectivity index (χ1v) is 7.83. The lowest BCUT2D eigenvalue weighted by Gasteiger charge is -2.27. The molecule has 0 aliphatic carbocycles. The Morgan fingerprint density at radius 2 is 2.04 bits per heavy atom. The van der Waals surface area contributed by atoms with Crippen molar-refractivity contribution in [3.63, 3.8) is 0 Å². The van der Waals surface area contributed by atoms with Crippen LogP contribution in [-0.2, 0) is 11.3 Å². The Kier molecular flexibility index (Phi) is 5.58. The Labute approximate surface area is 150 Å². The Hall–Kier alpha value is -2.67. The fourth-order valence-electron chi connectivity index (χ4n) is 1.92. The molecule has 2 aromatic rings. The van der Waals surface area contributed by atoms with Gasteiger partial charge in [-0.15, -0.1) is 0 Å². The molecular formula is C17H18ClN3O4. The van der Waals surface area contributed by atoms with Crippen LogP contribution in [0.4, 0.5) is 10.6 Å². The summed E-state index contributed by atoms with van der Waals surface area (Å²) in [6.07, 6.45) is 1.40. The van der Waals surface area contributed by atoms with E-state index >= 15 is 0 Å². The van der Waals surface area contributed by atoms with Crippen molar-refractivity contribution in [2.24, 2.45) is 0 Å². The normalized spacial score (nSPS) is 11.0. The second kappa shape index (κ2) is 7.48. The van der Waals surface area contributed by atoms with Crippen LogP contribution < -0.4 is 4.90 Å². The van der Waals surface area contributed by atoms with Crippen LogP contribution in [-0.4, -0.2) is 33.1 Å². The fraction of sp³-hybridized carbons (Fsp3) is 0.294. The number of carbonyl (C=O) groups excluding carboxylic acids is 2. The molecule has 2 heterocycles. The maximum Gasteiger partial charge on any atom is 0.416 e. The number of hydrogen-bond donors (Lipinski definition) is 1. The number of nitrogens with zero attached hydrogens (tertiary/aromatic N) is 3. The molecule has 0 saturated heterocycles. The summed E-state index contributed by atoms with van der Waals surface area (Å²) in [4.78, 5) is 32.6. The number of carbonyl (C=O) groups is 2. The Bertz CT molecular complexity index is 772. The molecule has 0 unspecified atom stereocenters. The SMILES string of the molecule is CC(C)(C)OC(=O)N(Cc1ccc(O)nc1)c1ccc(C=O)c(Cl)n1. The van der Waals surface area contributed by atoms with Crippen LogP contribution in [0.1, 0.15) is 36.7 Å². The first-order valence-electron chi connectivity index (χ1n) is 7.46. The van der Waals surface area contributed by atoms with E-state index < -0.39 is 11.7 Å². The molecule has 132 valence electrons. The van der Waals surface area contributed by atoms with Crippen LogP contribution in [0.25, 0.3) is 0 Å². The molecule has 0 fully saturated rings. The standard InChI is InChI=1S/C17H18ClN3O4/c1-17(2,3)25-16(24)21(9-11-4-7-14(23)19-8-11)13-6-5-12(10-22)15(18)20-13/h4-8,10H,9H2,1-3H3,(H,19,23). The Morgan fingerprint density at radius 1 is 1.32 bits per heavy atom. The zero-order chi connectivity index (χ0) is 18.6. The quantitative estimate of drug-likeness (QED) is 0.659. The van der Waals surface area contributed by atoms with Gasteiger partial charge in [0.25, 0.3) is 0 Å². The van der Waals surface area contributed by atoms with Gasteiger partial charge in [0, 0.05) is 12.3 Å². The summed E-state index contributed by atoms with van der Waals surface area (Å²) < 4.78 is 5.41. The van der Waals surface area contributed by atoms with E-state index in [0.29, 0.717) is 11.8 Å². The van der Waals surface area contributed by atoms with Gasteiger partial charge in [0.05, 0.1) is 12.1 Å². The van der Waals surface area contributed by atoms with Crippen molar-refractivity contribution in [3.05, 3.63) is 46.7 Å². The molecule has 7 nitrogen and oxygen atoms in total. The molecule has 0 aromatic carbocycles. The topological polar surface area (TPSA) is 92.6 Å². The molecule has 0 saturated carbocycles. The average molecular weight is 364 g/mol. The number of halogens is 1. The lowest BCUT2D eigenvalue weighted by atomic mass is 10.2. The van der Waals surface area contributed by atoms with Crippen LogP contribution >= 0.6 is 11.6 Å². The van der Waals surface area contributed by atoms with Crippen molar-refractivity contribution in [1.82, 2.24) is 9.97 Å². The molecule has 2 aromatic heterocycles. The third kappa shape index (κ3) is 5.15. The van der Waals surface area contributed by atoms with Gasteiger partial charge in [-0.1, -0.05) is 17.7 Å². The molecule has 1 amide bonds. The van der Waals surface area contributed by atoms with Gasteiger partial charge >= 0.3 is 6.09 Å². The van der Waals surface area contributed by atoms with Gasteiger partial charge in [-0.2, -0.15) is 0 Å². The molecule has 25 heavy (non-hydrogen) atoms. The molecule has 8 heteroatoms. The molecular weight excluding hydrogens is 346 g/mol. The van der Waals surface area contributed by atoms with E-state index in [0.717, 1.165) is 0 Å². The van der Waals surface area contributed by atoms with Gasteiger partial charge in [0.15, 0.2) is 6.29 Å². The van der Waals surface area contributed by atoms with E-state index in [1.54, 1.807) is 26.8 Å². The molecule has 2 rings (SSSR count). The smallest absolute Gasteiger partial charge is 0.416 e. The van der Waals surface area contributed by atoms with Crippen LogP contribution in [0.5, 0.6) is 5.88 Å². The minimum atomic E-state index is -0.699. The van der Waals surface area contributed by atoms with E-state index in [2.05, 4.69) is 9.97 Å². The Balaban J connectivity index is 2.37. The number of anilines is 1. The van der Waals surface area contributed by atoms with Gasteiger partial charge in [-0.25, -0.2) is 14.8 Å². The van der Waals surface area contributed by atoms with Crippen LogP contribution in [0, 0.1) is 0 Å². The lowest BCUT2D eigenvalue weighted by molar-refractivity contribution is 0.0576. The van der Waals surface area contributed by atoms with Crippen molar-refractivity contribution in [2.75, 3.05) is 4.90 Å².